The summed E-state index contributed by atoms with van der Waals surface area (Å²) >= 11 is 0. The van der Waals surface area contributed by atoms with Crippen LogP contribution in [-0.4, -0.2) is 11.9 Å². The first kappa shape index (κ1) is 14.4. The Morgan fingerprint density at radius 3 is 2.62 bits per heavy atom. The Balaban J connectivity index is 1.48. The number of hydrogen-bond donors (Lipinski definition) is 1. The molecule has 1 aromatic heterocycles. The Morgan fingerprint density at radius 2 is 1.95 bits per heavy atom. The molecule has 3 nitrogen and oxygen atoms in total. The molecule has 2 unspecified atom stereocenters. The standard InChI is InChI=1S/C18H25NO2/c1-12-3-5-14(6-4-12)19-18(20)10-8-15-7-9-17(21-15)16-11-13(16)2/h7-10,12-14,16H,3-6,11H2,1-2H3,(H,19,20)/b10-8+. The third-order valence-electron chi connectivity index (χ3n) is 4.88. The summed E-state index contributed by atoms with van der Waals surface area (Å²) in [6.07, 6.45) is 9.23. The van der Waals surface area contributed by atoms with Gasteiger partial charge in [-0.15, -0.1) is 0 Å². The summed E-state index contributed by atoms with van der Waals surface area (Å²) in [6, 6.07) is 4.33. The summed E-state index contributed by atoms with van der Waals surface area (Å²) < 4.78 is 5.77. The van der Waals surface area contributed by atoms with E-state index in [4.69, 9.17) is 4.42 Å². The molecule has 3 rings (SSSR count). The lowest BCUT2D eigenvalue weighted by Crippen LogP contribution is -2.36. The molecule has 1 amide bonds. The van der Waals surface area contributed by atoms with Gasteiger partial charge in [-0.2, -0.15) is 0 Å². The largest absolute Gasteiger partial charge is 0.461 e. The lowest BCUT2D eigenvalue weighted by Gasteiger charge is -2.26. The number of furan rings is 1. The second-order valence-electron chi connectivity index (χ2n) is 6.86. The van der Waals surface area contributed by atoms with Crippen molar-refractivity contribution in [3.05, 3.63) is 29.7 Å². The van der Waals surface area contributed by atoms with E-state index in [0.29, 0.717) is 12.0 Å². The average Bonchev–Trinajstić information content (AvgIpc) is 3.01. The molecule has 0 saturated heterocycles. The van der Waals surface area contributed by atoms with Crippen molar-refractivity contribution in [2.24, 2.45) is 11.8 Å². The number of nitrogens with one attached hydrogen (secondary N) is 1. The fourth-order valence-corrected chi connectivity index (χ4v) is 3.19. The molecule has 0 aromatic carbocycles. The molecule has 2 fully saturated rings. The predicted molar refractivity (Wildman–Crippen MR) is 83.8 cm³/mol. The zero-order valence-corrected chi connectivity index (χ0v) is 13.0. The first-order valence-corrected chi connectivity index (χ1v) is 8.20. The first-order chi connectivity index (χ1) is 10.1. The molecule has 114 valence electrons. The van der Waals surface area contributed by atoms with E-state index in [9.17, 15) is 4.79 Å². The van der Waals surface area contributed by atoms with Crippen molar-refractivity contribution >= 4 is 12.0 Å². The van der Waals surface area contributed by atoms with Gasteiger partial charge in [-0.1, -0.05) is 13.8 Å². The Morgan fingerprint density at radius 1 is 1.24 bits per heavy atom. The predicted octanol–water partition coefficient (Wildman–Crippen LogP) is 4.11. The highest BCUT2D eigenvalue weighted by atomic mass is 16.3. The summed E-state index contributed by atoms with van der Waals surface area (Å²) in [5.41, 5.74) is 0. The molecule has 0 bridgehead atoms. The van der Waals surface area contributed by atoms with Gasteiger partial charge >= 0.3 is 0 Å². The number of rotatable bonds is 4. The summed E-state index contributed by atoms with van der Waals surface area (Å²) in [5.74, 6) is 3.96. The van der Waals surface area contributed by atoms with Crippen LogP contribution in [0.15, 0.2) is 22.6 Å². The van der Waals surface area contributed by atoms with Crippen molar-refractivity contribution in [3.63, 3.8) is 0 Å². The quantitative estimate of drug-likeness (QED) is 0.847. The van der Waals surface area contributed by atoms with Gasteiger partial charge in [-0.3, -0.25) is 4.79 Å². The molecule has 0 aliphatic heterocycles. The maximum atomic E-state index is 11.9. The monoisotopic (exact) mass is 287 g/mol. The minimum Gasteiger partial charge on any atom is -0.461 e. The van der Waals surface area contributed by atoms with E-state index in [1.165, 1.54) is 19.3 Å². The molecule has 2 aliphatic rings. The first-order valence-electron chi connectivity index (χ1n) is 8.20. The summed E-state index contributed by atoms with van der Waals surface area (Å²) in [7, 11) is 0. The molecule has 21 heavy (non-hydrogen) atoms. The van der Waals surface area contributed by atoms with Gasteiger partial charge < -0.3 is 9.73 Å². The molecule has 3 heteroatoms. The smallest absolute Gasteiger partial charge is 0.244 e. The van der Waals surface area contributed by atoms with Crippen molar-refractivity contribution in [1.82, 2.24) is 5.32 Å². The maximum absolute atomic E-state index is 11.9. The lowest BCUT2D eigenvalue weighted by atomic mass is 9.87. The number of amides is 1. The average molecular weight is 287 g/mol. The zero-order valence-electron chi connectivity index (χ0n) is 13.0. The fraction of sp³-hybridized carbons (Fsp3) is 0.611. The third kappa shape index (κ3) is 3.78. The third-order valence-corrected chi connectivity index (χ3v) is 4.88. The van der Waals surface area contributed by atoms with E-state index < -0.39 is 0 Å². The Bertz CT molecular complexity index is 523. The van der Waals surface area contributed by atoms with Crippen molar-refractivity contribution < 1.29 is 9.21 Å². The summed E-state index contributed by atoms with van der Waals surface area (Å²) in [4.78, 5) is 11.9. The van der Waals surface area contributed by atoms with Gasteiger partial charge in [0.1, 0.15) is 11.5 Å². The van der Waals surface area contributed by atoms with Crippen LogP contribution in [0.5, 0.6) is 0 Å². The molecule has 2 atom stereocenters. The highest BCUT2D eigenvalue weighted by Crippen LogP contribution is 2.47. The van der Waals surface area contributed by atoms with Gasteiger partial charge in [0, 0.05) is 18.0 Å². The molecule has 0 radical (unpaired) electrons. The van der Waals surface area contributed by atoms with Crippen molar-refractivity contribution in [2.45, 2.75) is 57.9 Å². The van der Waals surface area contributed by atoms with Gasteiger partial charge in [0.2, 0.25) is 5.91 Å². The van der Waals surface area contributed by atoms with Crippen LogP contribution in [0.25, 0.3) is 6.08 Å². The second kappa shape index (κ2) is 6.08. The van der Waals surface area contributed by atoms with E-state index in [1.807, 2.05) is 12.1 Å². The van der Waals surface area contributed by atoms with Gasteiger partial charge in [0.25, 0.3) is 0 Å². The maximum Gasteiger partial charge on any atom is 0.244 e. The molecule has 2 aliphatic carbocycles. The molecule has 2 saturated carbocycles. The summed E-state index contributed by atoms with van der Waals surface area (Å²) in [5, 5.41) is 3.09. The van der Waals surface area contributed by atoms with Crippen LogP contribution >= 0.6 is 0 Å². The highest BCUT2D eigenvalue weighted by Gasteiger charge is 2.36. The number of carbonyl (C=O) groups excluding carboxylic acids is 1. The number of hydrogen-bond acceptors (Lipinski definition) is 2. The number of carbonyl (C=O) groups is 1. The van der Waals surface area contributed by atoms with Crippen molar-refractivity contribution in [1.29, 1.82) is 0 Å². The van der Waals surface area contributed by atoms with Crippen molar-refractivity contribution in [3.8, 4) is 0 Å². The van der Waals surface area contributed by atoms with Crippen LogP contribution in [0, 0.1) is 11.8 Å². The Labute approximate surface area is 126 Å². The molecule has 0 spiro atoms. The van der Waals surface area contributed by atoms with Crippen LogP contribution < -0.4 is 5.32 Å². The molecular formula is C18H25NO2. The topological polar surface area (TPSA) is 42.2 Å². The SMILES string of the molecule is CC1CCC(NC(=O)/C=C/c2ccc(C3CC3C)o2)CC1. The van der Waals surface area contributed by atoms with Crippen LogP contribution in [0.2, 0.25) is 0 Å². The van der Waals surface area contributed by atoms with Crippen molar-refractivity contribution in [2.75, 3.05) is 0 Å². The minimum absolute atomic E-state index is 0.00714. The van der Waals surface area contributed by atoms with Crippen LogP contribution in [-0.2, 0) is 4.79 Å². The van der Waals surface area contributed by atoms with E-state index in [2.05, 4.69) is 19.2 Å². The van der Waals surface area contributed by atoms with E-state index in [-0.39, 0.29) is 5.91 Å². The molecule has 1 N–H and O–H groups in total. The van der Waals surface area contributed by atoms with E-state index >= 15 is 0 Å². The molecular weight excluding hydrogens is 262 g/mol. The van der Waals surface area contributed by atoms with Gasteiger partial charge in [-0.25, -0.2) is 0 Å². The van der Waals surface area contributed by atoms with Crippen LogP contribution in [0.3, 0.4) is 0 Å². The molecule has 1 aromatic rings. The Kier molecular flexibility index (Phi) is 4.18. The van der Waals surface area contributed by atoms with Gasteiger partial charge in [0.05, 0.1) is 0 Å². The van der Waals surface area contributed by atoms with Gasteiger partial charge in [0.15, 0.2) is 0 Å². The normalized spacial score (nSPS) is 32.3. The lowest BCUT2D eigenvalue weighted by molar-refractivity contribution is -0.117. The minimum atomic E-state index is -0.00714. The highest BCUT2D eigenvalue weighted by molar-refractivity contribution is 5.91. The van der Waals surface area contributed by atoms with E-state index in [1.54, 1.807) is 12.2 Å². The van der Waals surface area contributed by atoms with Gasteiger partial charge in [-0.05, 0) is 62.1 Å². The summed E-state index contributed by atoms with van der Waals surface area (Å²) in [6.45, 7) is 4.52. The molecule has 1 heterocycles. The second-order valence-corrected chi connectivity index (χ2v) is 6.86. The van der Waals surface area contributed by atoms with E-state index in [0.717, 1.165) is 36.2 Å². The Hall–Kier alpha value is -1.51. The fourth-order valence-electron chi connectivity index (χ4n) is 3.19. The zero-order chi connectivity index (χ0) is 14.8. The van der Waals surface area contributed by atoms with Crippen LogP contribution in [0.1, 0.15) is 63.4 Å². The van der Waals surface area contributed by atoms with Crippen LogP contribution in [0.4, 0.5) is 0 Å².